The molecule has 1 unspecified atom stereocenters. The van der Waals surface area contributed by atoms with Crippen LogP contribution in [0.2, 0.25) is 0 Å². The fraction of sp³-hybridized carbons (Fsp3) is 0.176. The van der Waals surface area contributed by atoms with Crippen LogP contribution in [0.5, 0.6) is 0 Å². The summed E-state index contributed by atoms with van der Waals surface area (Å²) in [4.78, 5) is 24.3. The van der Waals surface area contributed by atoms with Crippen molar-refractivity contribution in [3.8, 4) is 0 Å². The van der Waals surface area contributed by atoms with Crippen LogP contribution >= 0.6 is 11.8 Å². The average molecular weight is 384 g/mol. The lowest BCUT2D eigenvalue weighted by molar-refractivity contribution is -0.121. The molecule has 1 heterocycles. The number of hydrogen-bond donors (Lipinski definition) is 2. The summed E-state index contributed by atoms with van der Waals surface area (Å²) in [5, 5.41) is 2.57. The summed E-state index contributed by atoms with van der Waals surface area (Å²) in [6.45, 7) is 0.639. The molecule has 0 aromatic heterocycles. The van der Waals surface area contributed by atoms with Crippen molar-refractivity contribution in [1.82, 2.24) is 5.32 Å². The van der Waals surface area contributed by atoms with Crippen molar-refractivity contribution in [2.24, 2.45) is 0 Å². The normalized spacial score (nSPS) is 18.9. The van der Waals surface area contributed by atoms with Gasteiger partial charge in [-0.3, -0.25) is 9.59 Å². The topological polar surface area (TPSA) is 58.2 Å². The van der Waals surface area contributed by atoms with Crippen LogP contribution in [0.15, 0.2) is 35.2 Å². The summed E-state index contributed by atoms with van der Waals surface area (Å²) in [7, 11) is 0. The molecule has 2 N–H and O–H groups in total. The van der Waals surface area contributed by atoms with Crippen molar-refractivity contribution in [2.75, 3.05) is 5.32 Å². The highest BCUT2D eigenvalue weighted by Gasteiger charge is 2.39. The van der Waals surface area contributed by atoms with Crippen LogP contribution in [0, 0.1) is 17.5 Å². The van der Waals surface area contributed by atoms with E-state index >= 15 is 0 Å². The fourth-order valence-corrected chi connectivity index (χ4v) is 3.27. The summed E-state index contributed by atoms with van der Waals surface area (Å²) in [6, 6.07) is 5.23. The molecule has 4 nitrogen and oxygen atoms in total. The molecule has 2 amide bonds. The van der Waals surface area contributed by atoms with Crippen LogP contribution in [0.25, 0.3) is 0 Å². The molecule has 0 saturated heterocycles. The number of thioether (sulfide) groups is 1. The third-order valence-electron chi connectivity index (χ3n) is 3.73. The monoisotopic (exact) mass is 384 g/mol. The third kappa shape index (κ3) is 3.52. The molecule has 9 heteroatoms. The Balaban J connectivity index is 1.76. The van der Waals surface area contributed by atoms with E-state index in [1.807, 2.05) is 0 Å². The number of alkyl halides is 1. The van der Waals surface area contributed by atoms with Crippen LogP contribution < -0.4 is 10.6 Å². The number of rotatable bonds is 3. The van der Waals surface area contributed by atoms with E-state index in [0.717, 1.165) is 6.92 Å². The molecule has 26 heavy (non-hydrogen) atoms. The molecule has 0 fully saturated rings. The van der Waals surface area contributed by atoms with Crippen molar-refractivity contribution >= 4 is 29.3 Å². The maximum atomic E-state index is 14.0. The number of carbonyl (C=O) groups excluding carboxylic acids is 2. The predicted molar refractivity (Wildman–Crippen MR) is 87.9 cm³/mol. The second-order valence-electron chi connectivity index (χ2n) is 5.71. The van der Waals surface area contributed by atoms with Gasteiger partial charge in [-0.2, -0.15) is 0 Å². The largest absolute Gasteiger partial charge is 0.348 e. The fourth-order valence-electron chi connectivity index (χ4n) is 2.36. The van der Waals surface area contributed by atoms with Gasteiger partial charge in [0.15, 0.2) is 0 Å². The number of hydrogen-bond acceptors (Lipinski definition) is 3. The van der Waals surface area contributed by atoms with Gasteiger partial charge in [0, 0.05) is 34.7 Å². The van der Waals surface area contributed by atoms with Crippen molar-refractivity contribution in [1.29, 1.82) is 0 Å². The molecular weight excluding hydrogens is 372 g/mol. The highest BCUT2D eigenvalue weighted by atomic mass is 32.2. The van der Waals surface area contributed by atoms with Crippen LogP contribution in [0.4, 0.5) is 23.2 Å². The molecule has 0 radical (unpaired) electrons. The SMILES string of the molecule is CC1(F)Sc2ccc(C(=O)NCc3c(F)cc(F)cc3F)cc2NC1=O. The van der Waals surface area contributed by atoms with E-state index in [1.54, 1.807) is 0 Å². The van der Waals surface area contributed by atoms with Gasteiger partial charge in [-0.1, -0.05) is 11.8 Å². The van der Waals surface area contributed by atoms with E-state index in [9.17, 15) is 27.2 Å². The molecular formula is C17H12F4N2O2S. The molecule has 2 aromatic carbocycles. The summed E-state index contributed by atoms with van der Waals surface area (Å²) in [5.74, 6) is -4.79. The van der Waals surface area contributed by atoms with Crippen molar-refractivity contribution in [2.45, 2.75) is 23.4 Å². The Morgan fingerprint density at radius 3 is 2.50 bits per heavy atom. The molecule has 0 saturated carbocycles. The first-order chi connectivity index (χ1) is 12.2. The van der Waals surface area contributed by atoms with Crippen molar-refractivity contribution < 1.29 is 27.2 Å². The smallest absolute Gasteiger partial charge is 0.272 e. The van der Waals surface area contributed by atoms with Gasteiger partial charge in [0.05, 0.1) is 5.69 Å². The van der Waals surface area contributed by atoms with Crippen LogP contribution in [-0.2, 0) is 11.3 Å². The Labute approximate surface area is 150 Å². The highest BCUT2D eigenvalue weighted by Crippen LogP contribution is 2.43. The van der Waals surface area contributed by atoms with E-state index in [-0.39, 0.29) is 11.3 Å². The third-order valence-corrected chi connectivity index (χ3v) is 4.87. The van der Waals surface area contributed by atoms with Gasteiger partial charge in [0.25, 0.3) is 11.8 Å². The zero-order valence-electron chi connectivity index (χ0n) is 13.3. The zero-order chi connectivity index (χ0) is 19.1. The van der Waals surface area contributed by atoms with Crippen LogP contribution in [0.1, 0.15) is 22.8 Å². The van der Waals surface area contributed by atoms with Crippen LogP contribution in [0.3, 0.4) is 0 Å². The van der Waals surface area contributed by atoms with Gasteiger partial charge < -0.3 is 10.6 Å². The van der Waals surface area contributed by atoms with E-state index in [0.29, 0.717) is 28.8 Å². The number of benzene rings is 2. The van der Waals surface area contributed by atoms with Crippen molar-refractivity contribution in [3.05, 3.63) is 58.9 Å². The Bertz CT molecular complexity index is 895. The molecule has 1 aliphatic rings. The molecule has 136 valence electrons. The van der Waals surface area contributed by atoms with Gasteiger partial charge in [-0.05, 0) is 25.1 Å². The number of amides is 2. The second kappa shape index (κ2) is 6.64. The summed E-state index contributed by atoms with van der Waals surface area (Å²) < 4.78 is 54.1. The van der Waals surface area contributed by atoms with Gasteiger partial charge in [-0.15, -0.1) is 0 Å². The van der Waals surface area contributed by atoms with E-state index in [4.69, 9.17) is 0 Å². The minimum atomic E-state index is -2.12. The van der Waals surface area contributed by atoms with Gasteiger partial charge in [-0.25, -0.2) is 17.6 Å². The molecule has 2 aromatic rings. The summed E-state index contributed by atoms with van der Waals surface area (Å²) >= 11 is 0.713. The molecule has 1 aliphatic heterocycles. The summed E-state index contributed by atoms with van der Waals surface area (Å²) in [6.07, 6.45) is 0. The second-order valence-corrected chi connectivity index (χ2v) is 7.13. The lowest BCUT2D eigenvalue weighted by Crippen LogP contribution is -2.36. The lowest BCUT2D eigenvalue weighted by Gasteiger charge is -2.26. The minimum absolute atomic E-state index is 0.107. The predicted octanol–water partition coefficient (Wildman–Crippen LogP) is 3.76. The number of fused-ring (bicyclic) bond motifs is 1. The number of halogens is 4. The van der Waals surface area contributed by atoms with Crippen LogP contribution in [-0.4, -0.2) is 16.8 Å². The first-order valence-corrected chi connectivity index (χ1v) is 8.24. The zero-order valence-corrected chi connectivity index (χ0v) is 14.1. The average Bonchev–Trinajstić information content (AvgIpc) is 2.54. The maximum absolute atomic E-state index is 14.0. The van der Waals surface area contributed by atoms with Crippen molar-refractivity contribution in [3.63, 3.8) is 0 Å². The van der Waals surface area contributed by atoms with E-state index in [2.05, 4.69) is 10.6 Å². The number of carbonyl (C=O) groups is 2. The standard InChI is InChI=1S/C17H12F4N2O2S/c1-17(21)16(25)23-13-4-8(2-3-14(13)26-17)15(24)22-7-10-11(19)5-9(18)6-12(10)20/h2-6H,7H2,1H3,(H,22,24)(H,23,25). The molecule has 0 spiro atoms. The Morgan fingerprint density at radius 2 is 1.85 bits per heavy atom. The summed E-state index contributed by atoms with van der Waals surface area (Å²) in [5.41, 5.74) is -0.105. The number of nitrogens with one attached hydrogen (secondary N) is 2. The minimum Gasteiger partial charge on any atom is -0.348 e. The Morgan fingerprint density at radius 1 is 1.19 bits per heavy atom. The Kier molecular flexibility index (Phi) is 4.66. The van der Waals surface area contributed by atoms with E-state index in [1.165, 1.54) is 18.2 Å². The highest BCUT2D eigenvalue weighted by molar-refractivity contribution is 8.01. The molecule has 1 atom stereocenters. The lowest BCUT2D eigenvalue weighted by atomic mass is 10.1. The Hall–Kier alpha value is -2.55. The first kappa shape index (κ1) is 18.2. The first-order valence-electron chi connectivity index (χ1n) is 7.42. The number of anilines is 1. The van der Waals surface area contributed by atoms with Gasteiger partial charge in [0.1, 0.15) is 17.5 Å². The van der Waals surface area contributed by atoms with Gasteiger partial charge >= 0.3 is 0 Å². The van der Waals surface area contributed by atoms with E-state index < -0.39 is 46.4 Å². The molecule has 3 rings (SSSR count). The van der Waals surface area contributed by atoms with Gasteiger partial charge in [0.2, 0.25) is 5.00 Å². The molecule has 0 bridgehead atoms. The molecule has 0 aliphatic carbocycles. The quantitative estimate of drug-likeness (QED) is 0.793. The maximum Gasteiger partial charge on any atom is 0.272 e.